The molecule has 0 aromatic heterocycles. The topological polar surface area (TPSA) is 64.1 Å². The summed E-state index contributed by atoms with van der Waals surface area (Å²) in [5.74, 6) is -2.70. The zero-order valence-electron chi connectivity index (χ0n) is 21.0. The third kappa shape index (κ3) is 5.70. The monoisotopic (exact) mass is 497 g/mol. The second-order valence-electron chi connectivity index (χ2n) is 11.6. The molecule has 1 amide bonds. The maximum atomic E-state index is 13.5. The summed E-state index contributed by atoms with van der Waals surface area (Å²) in [6.45, 7) is 10.1. The maximum Gasteiger partial charge on any atom is 0.395 e. The van der Waals surface area contributed by atoms with Gasteiger partial charge in [-0.05, 0) is 77.0 Å². The first kappa shape index (κ1) is 26.0. The van der Waals surface area contributed by atoms with E-state index in [1.54, 1.807) is 6.08 Å². The molecule has 196 valence electrons. The predicted molar refractivity (Wildman–Crippen MR) is 126 cm³/mol. The van der Waals surface area contributed by atoms with Gasteiger partial charge in [-0.25, -0.2) is 0 Å². The van der Waals surface area contributed by atoms with Crippen LogP contribution in [0.25, 0.3) is 0 Å². The van der Waals surface area contributed by atoms with E-state index in [-0.39, 0.29) is 36.2 Å². The second kappa shape index (κ2) is 9.79. The van der Waals surface area contributed by atoms with Crippen molar-refractivity contribution < 1.29 is 27.9 Å². The minimum Gasteiger partial charge on any atom is -0.481 e. The number of nitrogens with zero attached hydrogens (tertiary/aromatic N) is 3. The minimum atomic E-state index is -4.32. The molecule has 0 radical (unpaired) electrons. The Labute approximate surface area is 205 Å². The molecule has 4 rings (SSSR count). The van der Waals surface area contributed by atoms with Crippen LogP contribution in [0.3, 0.4) is 0 Å². The molecule has 2 unspecified atom stereocenters. The van der Waals surface area contributed by atoms with Gasteiger partial charge in [0.2, 0.25) is 5.91 Å². The molecule has 9 heteroatoms. The normalized spacial score (nSPS) is 29.4. The molecule has 3 atom stereocenters. The number of aliphatic carboxylic acids is 1. The van der Waals surface area contributed by atoms with Crippen LogP contribution in [0.1, 0.15) is 52.9 Å². The molecule has 0 spiro atoms. The van der Waals surface area contributed by atoms with Gasteiger partial charge >= 0.3 is 12.1 Å². The van der Waals surface area contributed by atoms with Gasteiger partial charge in [0, 0.05) is 44.0 Å². The van der Waals surface area contributed by atoms with Crippen LogP contribution in [0.15, 0.2) is 23.4 Å². The molecular formula is C26H38F3N3O3. The number of hydrogen-bond donors (Lipinski definition) is 1. The van der Waals surface area contributed by atoms with Crippen LogP contribution in [-0.2, 0) is 9.59 Å². The van der Waals surface area contributed by atoms with E-state index in [4.69, 9.17) is 0 Å². The van der Waals surface area contributed by atoms with Crippen molar-refractivity contribution >= 4 is 11.9 Å². The number of likely N-dealkylation sites (tertiary alicyclic amines) is 3. The first-order valence-electron chi connectivity index (χ1n) is 12.8. The quantitative estimate of drug-likeness (QED) is 0.633. The number of carboxylic acid groups (broad SMARTS) is 1. The lowest BCUT2D eigenvalue weighted by molar-refractivity contribution is -0.161. The van der Waals surface area contributed by atoms with Gasteiger partial charge in [0.1, 0.15) is 0 Å². The van der Waals surface area contributed by atoms with Gasteiger partial charge in [0.15, 0.2) is 0 Å². The summed E-state index contributed by atoms with van der Waals surface area (Å²) < 4.78 is 40.6. The number of amides is 1. The second-order valence-corrected chi connectivity index (χ2v) is 11.6. The largest absolute Gasteiger partial charge is 0.481 e. The Morgan fingerprint density at radius 2 is 1.60 bits per heavy atom. The van der Waals surface area contributed by atoms with Crippen LogP contribution in [0.5, 0.6) is 0 Å². The highest BCUT2D eigenvalue weighted by atomic mass is 19.4. The lowest BCUT2D eigenvalue weighted by atomic mass is 9.81. The van der Waals surface area contributed by atoms with Crippen molar-refractivity contribution in [2.45, 2.75) is 64.6 Å². The molecule has 3 fully saturated rings. The Morgan fingerprint density at radius 1 is 0.943 bits per heavy atom. The van der Waals surface area contributed by atoms with Crippen molar-refractivity contribution in [3.63, 3.8) is 0 Å². The van der Waals surface area contributed by atoms with Crippen LogP contribution in [0.2, 0.25) is 0 Å². The summed E-state index contributed by atoms with van der Waals surface area (Å²) in [7, 11) is 0. The third-order valence-electron chi connectivity index (χ3n) is 8.28. The summed E-state index contributed by atoms with van der Waals surface area (Å²) in [6, 6.07) is 0. The van der Waals surface area contributed by atoms with E-state index in [9.17, 15) is 27.9 Å². The summed E-state index contributed by atoms with van der Waals surface area (Å²) in [5, 5.41) is 9.38. The van der Waals surface area contributed by atoms with Gasteiger partial charge in [0.05, 0.1) is 17.8 Å². The van der Waals surface area contributed by atoms with E-state index in [0.717, 1.165) is 37.9 Å². The van der Waals surface area contributed by atoms with E-state index in [0.29, 0.717) is 31.8 Å². The zero-order valence-corrected chi connectivity index (χ0v) is 21.0. The summed E-state index contributed by atoms with van der Waals surface area (Å²) in [6.07, 6.45) is 1.39. The van der Waals surface area contributed by atoms with Crippen molar-refractivity contribution in [3.05, 3.63) is 23.4 Å². The van der Waals surface area contributed by atoms with Crippen LogP contribution in [0, 0.1) is 23.7 Å². The molecule has 3 aliphatic heterocycles. The fourth-order valence-corrected chi connectivity index (χ4v) is 6.03. The van der Waals surface area contributed by atoms with Crippen molar-refractivity contribution in [2.24, 2.45) is 23.7 Å². The standard InChI is InChI=1S/C26H38F3N3O3/c1-25(2,3)32-13-9-18(16-32)23(33)30-10-6-17(7-11-30)21-5-4-20(26(27,28)29)14-22(21)31-12-8-19(15-31)24(34)35/h5,14,17-20H,4,6-13,15-16H2,1-3H3,(H,34,35)/t18-,19?,20?/m0/s1. The summed E-state index contributed by atoms with van der Waals surface area (Å²) in [4.78, 5) is 30.7. The highest BCUT2D eigenvalue weighted by molar-refractivity contribution is 5.79. The fourth-order valence-electron chi connectivity index (χ4n) is 6.03. The Hall–Kier alpha value is -2.03. The third-order valence-corrected chi connectivity index (χ3v) is 8.28. The molecule has 1 aliphatic carbocycles. The average molecular weight is 498 g/mol. The number of carbonyl (C=O) groups is 2. The summed E-state index contributed by atoms with van der Waals surface area (Å²) >= 11 is 0. The number of piperidine rings is 1. The number of rotatable bonds is 4. The first-order chi connectivity index (χ1) is 16.3. The van der Waals surface area contributed by atoms with Crippen LogP contribution in [0.4, 0.5) is 13.2 Å². The van der Waals surface area contributed by atoms with E-state index in [1.165, 1.54) is 6.08 Å². The number of carbonyl (C=O) groups excluding carboxylic acids is 1. The number of allylic oxidation sites excluding steroid dienone is 3. The molecule has 0 aromatic rings. The Kier molecular flexibility index (Phi) is 7.28. The maximum absolute atomic E-state index is 13.5. The SMILES string of the molecule is CC(C)(C)N1CC[C@H](C(=O)N2CCC(C3=CCC(C(F)(F)F)C=C3N3CCC(C(=O)O)C3)CC2)C1. The zero-order chi connectivity index (χ0) is 25.5. The molecule has 4 aliphatic rings. The highest BCUT2D eigenvalue weighted by Gasteiger charge is 2.43. The van der Waals surface area contributed by atoms with Crippen LogP contribution < -0.4 is 0 Å². The predicted octanol–water partition coefficient (Wildman–Crippen LogP) is 4.14. The van der Waals surface area contributed by atoms with E-state index >= 15 is 0 Å². The van der Waals surface area contributed by atoms with E-state index < -0.39 is 24.0 Å². The Bertz CT molecular complexity index is 884. The smallest absolute Gasteiger partial charge is 0.395 e. The van der Waals surface area contributed by atoms with Gasteiger partial charge < -0.3 is 14.9 Å². The molecule has 6 nitrogen and oxygen atoms in total. The number of halogens is 3. The molecule has 3 saturated heterocycles. The lowest BCUT2D eigenvalue weighted by Crippen LogP contribution is -2.45. The minimum absolute atomic E-state index is 0.0141. The lowest BCUT2D eigenvalue weighted by Gasteiger charge is -2.38. The fraction of sp³-hybridized carbons (Fsp3) is 0.769. The van der Waals surface area contributed by atoms with Crippen LogP contribution in [-0.4, -0.2) is 82.7 Å². The van der Waals surface area contributed by atoms with Crippen molar-refractivity contribution in [1.82, 2.24) is 14.7 Å². The molecule has 0 aromatic carbocycles. The first-order valence-corrected chi connectivity index (χ1v) is 12.8. The van der Waals surface area contributed by atoms with Gasteiger partial charge in [-0.3, -0.25) is 14.5 Å². The van der Waals surface area contributed by atoms with Crippen molar-refractivity contribution in [3.8, 4) is 0 Å². The molecule has 3 heterocycles. The number of alkyl halides is 3. The Morgan fingerprint density at radius 3 is 2.14 bits per heavy atom. The molecular weight excluding hydrogens is 459 g/mol. The van der Waals surface area contributed by atoms with Gasteiger partial charge in [-0.2, -0.15) is 13.2 Å². The average Bonchev–Trinajstić information content (AvgIpc) is 3.48. The van der Waals surface area contributed by atoms with Gasteiger partial charge in [-0.1, -0.05) is 6.08 Å². The molecule has 0 saturated carbocycles. The highest BCUT2D eigenvalue weighted by Crippen LogP contribution is 2.42. The van der Waals surface area contributed by atoms with Gasteiger partial charge in [-0.15, -0.1) is 0 Å². The number of hydrogen-bond acceptors (Lipinski definition) is 4. The van der Waals surface area contributed by atoms with Crippen molar-refractivity contribution in [1.29, 1.82) is 0 Å². The molecule has 1 N–H and O–H groups in total. The Balaban J connectivity index is 1.41. The summed E-state index contributed by atoms with van der Waals surface area (Å²) in [5.41, 5.74) is 1.51. The van der Waals surface area contributed by atoms with E-state index in [2.05, 4.69) is 25.7 Å². The van der Waals surface area contributed by atoms with E-state index in [1.807, 2.05) is 9.80 Å². The number of carboxylic acids is 1. The van der Waals surface area contributed by atoms with Crippen LogP contribution >= 0.6 is 0 Å². The molecule has 0 bridgehead atoms. The van der Waals surface area contributed by atoms with Gasteiger partial charge in [0.25, 0.3) is 0 Å². The molecule has 35 heavy (non-hydrogen) atoms. The van der Waals surface area contributed by atoms with Crippen molar-refractivity contribution in [2.75, 3.05) is 39.3 Å².